The van der Waals surface area contributed by atoms with Crippen LogP contribution in [0.1, 0.15) is 18.1 Å². The summed E-state index contributed by atoms with van der Waals surface area (Å²) in [5.41, 5.74) is 1.48. The zero-order valence-electron chi connectivity index (χ0n) is 16.9. The molecule has 2 rings (SSSR count). The number of ether oxygens (including phenoxy) is 1. The second-order valence-corrected chi connectivity index (χ2v) is 6.68. The van der Waals surface area contributed by atoms with Gasteiger partial charge in [-0.25, -0.2) is 4.79 Å². The Morgan fingerprint density at radius 2 is 1.40 bits per heavy atom. The Morgan fingerprint density at radius 1 is 0.900 bits per heavy atom. The molecule has 30 heavy (non-hydrogen) atoms. The van der Waals surface area contributed by atoms with E-state index in [2.05, 4.69) is 15.8 Å². The lowest BCUT2D eigenvalue weighted by Gasteiger charge is -2.22. The average molecular weight is 411 g/mol. The molecule has 2 amide bonds. The van der Waals surface area contributed by atoms with E-state index in [4.69, 9.17) is 9.94 Å². The molecule has 0 unspecified atom stereocenters. The Labute approximate surface area is 174 Å². The Kier molecular flexibility index (Phi) is 8.56. The molecule has 2 atom stereocenters. The van der Waals surface area contributed by atoms with Crippen molar-refractivity contribution in [2.24, 2.45) is 5.16 Å². The van der Waals surface area contributed by atoms with Crippen LogP contribution in [0.3, 0.4) is 0 Å². The summed E-state index contributed by atoms with van der Waals surface area (Å²) in [6.07, 6.45) is 0.429. The molecule has 0 aliphatic carbocycles. The molecular weight excluding hydrogens is 386 g/mol. The first-order valence-electron chi connectivity index (χ1n) is 9.40. The lowest BCUT2D eigenvalue weighted by atomic mass is 10.0. The van der Waals surface area contributed by atoms with Crippen LogP contribution >= 0.6 is 0 Å². The molecule has 8 heteroatoms. The number of methoxy groups -OCH3 is 1. The van der Waals surface area contributed by atoms with Crippen LogP contribution in [-0.2, 0) is 32.0 Å². The third-order valence-electron chi connectivity index (χ3n) is 4.47. The molecule has 0 spiro atoms. The van der Waals surface area contributed by atoms with E-state index in [1.54, 1.807) is 0 Å². The number of nitrogens with one attached hydrogen (secondary N) is 2. The molecule has 2 aromatic carbocycles. The van der Waals surface area contributed by atoms with Gasteiger partial charge in [0.1, 0.15) is 17.8 Å². The zero-order chi connectivity index (χ0) is 21.9. The van der Waals surface area contributed by atoms with Crippen molar-refractivity contribution in [3.8, 4) is 0 Å². The predicted octanol–water partition coefficient (Wildman–Crippen LogP) is 1.46. The number of nitrogens with zero attached hydrogens (tertiary/aromatic N) is 1. The quantitative estimate of drug-likeness (QED) is 0.250. The molecule has 158 valence electrons. The third kappa shape index (κ3) is 6.73. The molecule has 8 nitrogen and oxygen atoms in total. The number of amides is 2. The number of hydrogen-bond acceptors (Lipinski definition) is 6. The fraction of sp³-hybridized carbons (Fsp3) is 0.273. The maximum absolute atomic E-state index is 13.0. The minimum Gasteiger partial charge on any atom is -0.467 e. The highest BCUT2D eigenvalue weighted by Gasteiger charge is 2.28. The highest BCUT2D eigenvalue weighted by Crippen LogP contribution is 2.07. The van der Waals surface area contributed by atoms with Crippen molar-refractivity contribution in [2.45, 2.75) is 31.8 Å². The van der Waals surface area contributed by atoms with Gasteiger partial charge in [-0.3, -0.25) is 9.59 Å². The van der Waals surface area contributed by atoms with Crippen molar-refractivity contribution in [2.75, 3.05) is 7.11 Å². The van der Waals surface area contributed by atoms with Crippen molar-refractivity contribution in [1.29, 1.82) is 0 Å². The monoisotopic (exact) mass is 411 g/mol. The van der Waals surface area contributed by atoms with E-state index in [0.29, 0.717) is 0 Å². The van der Waals surface area contributed by atoms with Gasteiger partial charge in [-0.2, -0.15) is 0 Å². The van der Waals surface area contributed by atoms with Gasteiger partial charge in [0, 0.05) is 12.8 Å². The summed E-state index contributed by atoms with van der Waals surface area (Å²) in [5, 5.41) is 16.9. The lowest BCUT2D eigenvalue weighted by Crippen LogP contribution is -2.54. The van der Waals surface area contributed by atoms with E-state index in [-0.39, 0.29) is 18.6 Å². The topological polar surface area (TPSA) is 117 Å². The summed E-state index contributed by atoms with van der Waals surface area (Å²) >= 11 is 0. The summed E-state index contributed by atoms with van der Waals surface area (Å²) in [6.45, 7) is 1.32. The van der Waals surface area contributed by atoms with Gasteiger partial charge in [0.05, 0.1) is 7.11 Å². The van der Waals surface area contributed by atoms with Gasteiger partial charge in [-0.15, -0.1) is 0 Å². The third-order valence-corrected chi connectivity index (χ3v) is 4.47. The minimum absolute atomic E-state index is 0.185. The number of benzene rings is 2. The first-order chi connectivity index (χ1) is 14.4. The van der Waals surface area contributed by atoms with Gasteiger partial charge < -0.3 is 20.6 Å². The SMILES string of the molecule is COC(=O)[C@H](Cc1ccccc1)NC(=O)[C@H](Cc1ccccc1)NC(=O)/C(C)=N\O. The molecular formula is C22H25N3O5. The van der Waals surface area contributed by atoms with Gasteiger partial charge in [0.25, 0.3) is 5.91 Å². The molecule has 0 aromatic heterocycles. The standard InChI is InChI=1S/C22H25N3O5/c1-15(25-29)20(26)23-18(13-16-9-5-3-6-10-16)21(27)24-19(22(28)30-2)14-17-11-7-4-8-12-17/h3-12,18-19,29H,13-14H2,1-2H3,(H,23,26)(H,24,27)/b25-15-/t18-,19-/m0/s1. The highest BCUT2D eigenvalue weighted by molar-refractivity contribution is 6.38. The normalized spacial score (nSPS) is 13.1. The predicted molar refractivity (Wildman–Crippen MR) is 111 cm³/mol. The number of rotatable bonds is 9. The maximum Gasteiger partial charge on any atom is 0.328 e. The fourth-order valence-corrected chi connectivity index (χ4v) is 2.82. The van der Waals surface area contributed by atoms with Crippen LogP contribution in [0.15, 0.2) is 65.8 Å². The first-order valence-corrected chi connectivity index (χ1v) is 9.40. The molecule has 0 aliphatic rings. The van der Waals surface area contributed by atoms with Crippen LogP contribution in [0.2, 0.25) is 0 Å². The molecule has 0 saturated carbocycles. The van der Waals surface area contributed by atoms with E-state index in [9.17, 15) is 14.4 Å². The van der Waals surface area contributed by atoms with E-state index in [0.717, 1.165) is 11.1 Å². The van der Waals surface area contributed by atoms with Crippen molar-refractivity contribution < 1.29 is 24.3 Å². The molecule has 0 heterocycles. The van der Waals surface area contributed by atoms with Crippen LogP contribution in [-0.4, -0.2) is 47.9 Å². The summed E-state index contributed by atoms with van der Waals surface area (Å²) in [6, 6.07) is 16.4. The van der Waals surface area contributed by atoms with E-state index < -0.39 is 29.9 Å². The van der Waals surface area contributed by atoms with Gasteiger partial charge >= 0.3 is 5.97 Å². The second kappa shape index (κ2) is 11.4. The van der Waals surface area contributed by atoms with Crippen LogP contribution in [0.5, 0.6) is 0 Å². The van der Waals surface area contributed by atoms with E-state index in [1.807, 2.05) is 60.7 Å². The zero-order valence-corrected chi connectivity index (χ0v) is 16.9. The van der Waals surface area contributed by atoms with Crippen molar-refractivity contribution in [3.63, 3.8) is 0 Å². The largest absolute Gasteiger partial charge is 0.467 e. The van der Waals surface area contributed by atoms with Gasteiger partial charge in [-0.05, 0) is 18.1 Å². The number of oxime groups is 1. The molecule has 0 radical (unpaired) electrons. The van der Waals surface area contributed by atoms with Crippen LogP contribution in [0, 0.1) is 0 Å². The van der Waals surface area contributed by atoms with Gasteiger partial charge in [0.2, 0.25) is 5.91 Å². The molecule has 3 N–H and O–H groups in total. The maximum atomic E-state index is 13.0. The van der Waals surface area contributed by atoms with E-state index in [1.165, 1.54) is 14.0 Å². The Balaban J connectivity index is 2.20. The van der Waals surface area contributed by atoms with Crippen LogP contribution < -0.4 is 10.6 Å². The van der Waals surface area contributed by atoms with E-state index >= 15 is 0 Å². The van der Waals surface area contributed by atoms with Crippen molar-refractivity contribution in [1.82, 2.24) is 10.6 Å². The Morgan fingerprint density at radius 3 is 1.87 bits per heavy atom. The summed E-state index contributed by atoms with van der Waals surface area (Å²) in [4.78, 5) is 37.4. The average Bonchev–Trinajstić information content (AvgIpc) is 2.78. The molecule has 0 aliphatic heterocycles. The van der Waals surface area contributed by atoms with Gasteiger partial charge in [0.15, 0.2) is 0 Å². The second-order valence-electron chi connectivity index (χ2n) is 6.68. The minimum atomic E-state index is -0.987. The fourth-order valence-electron chi connectivity index (χ4n) is 2.82. The summed E-state index contributed by atoms with van der Waals surface area (Å²) in [7, 11) is 1.25. The number of carbonyl (C=O) groups is 3. The summed E-state index contributed by atoms with van der Waals surface area (Å²) < 4.78 is 4.83. The van der Waals surface area contributed by atoms with Crippen molar-refractivity contribution >= 4 is 23.5 Å². The highest BCUT2D eigenvalue weighted by atomic mass is 16.5. The van der Waals surface area contributed by atoms with Gasteiger partial charge in [-0.1, -0.05) is 65.8 Å². The lowest BCUT2D eigenvalue weighted by molar-refractivity contribution is -0.145. The smallest absolute Gasteiger partial charge is 0.328 e. The molecule has 2 aromatic rings. The molecule has 0 bridgehead atoms. The summed E-state index contributed by atoms with van der Waals surface area (Å²) in [5.74, 6) is -1.83. The number of esters is 1. The number of carbonyl (C=O) groups excluding carboxylic acids is 3. The molecule has 0 fully saturated rings. The first kappa shape index (κ1) is 22.6. The van der Waals surface area contributed by atoms with Crippen LogP contribution in [0.4, 0.5) is 0 Å². The number of hydrogen-bond donors (Lipinski definition) is 3. The molecule has 0 saturated heterocycles. The Hall–Kier alpha value is -3.68. The van der Waals surface area contributed by atoms with Crippen LogP contribution in [0.25, 0.3) is 0 Å². The Bertz CT molecular complexity index is 884. The van der Waals surface area contributed by atoms with Crippen molar-refractivity contribution in [3.05, 3.63) is 71.8 Å².